The highest BCUT2D eigenvalue weighted by molar-refractivity contribution is 8.06. The van der Waals surface area contributed by atoms with Crippen LogP contribution in [0.3, 0.4) is 0 Å². The Morgan fingerprint density at radius 3 is 2.75 bits per heavy atom. The van der Waals surface area contributed by atoms with Gasteiger partial charge >= 0.3 is 0 Å². The maximum absolute atomic E-state index is 2.24. The van der Waals surface area contributed by atoms with Gasteiger partial charge in [-0.1, -0.05) is 32.1 Å². The summed E-state index contributed by atoms with van der Waals surface area (Å²) in [5.41, 5.74) is 2.97. The van der Waals surface area contributed by atoms with E-state index < -0.39 is 0 Å². The monoisotopic (exact) mass is 177 g/mol. The standard InChI is InChI=1S/C11H13S/c1-3-10-8-6-5-7-9(8)11(4-2)12-10/h5-7H,3-4H2,1-2H3. The van der Waals surface area contributed by atoms with E-state index in [9.17, 15) is 0 Å². The van der Waals surface area contributed by atoms with Crippen molar-refractivity contribution in [3.63, 3.8) is 0 Å². The third-order valence-electron chi connectivity index (χ3n) is 2.31. The quantitative estimate of drug-likeness (QED) is 0.617. The zero-order valence-corrected chi connectivity index (χ0v) is 8.37. The molecule has 0 saturated heterocycles. The maximum Gasteiger partial charge on any atom is 0.0646 e. The molecule has 1 heteroatoms. The Balaban J connectivity index is 2.32. The molecule has 0 amide bonds. The average Bonchev–Trinajstić information content (AvgIpc) is 2.63. The fourth-order valence-corrected chi connectivity index (χ4v) is 2.85. The van der Waals surface area contributed by atoms with Gasteiger partial charge in [0, 0.05) is 0 Å². The average molecular weight is 177 g/mol. The lowest BCUT2D eigenvalue weighted by Crippen LogP contribution is -1.87. The van der Waals surface area contributed by atoms with Crippen LogP contribution in [0.5, 0.6) is 0 Å². The number of thioether (sulfide) groups is 1. The molecule has 1 aliphatic carbocycles. The van der Waals surface area contributed by atoms with E-state index in [2.05, 4.69) is 32.1 Å². The smallest absolute Gasteiger partial charge is 0.0646 e. The van der Waals surface area contributed by atoms with Crippen LogP contribution in [0.25, 0.3) is 0 Å². The van der Waals surface area contributed by atoms with Gasteiger partial charge in [0.25, 0.3) is 0 Å². The first-order valence-electron chi connectivity index (χ1n) is 4.52. The molecule has 0 aromatic rings. The van der Waals surface area contributed by atoms with Crippen molar-refractivity contribution in [1.29, 1.82) is 0 Å². The lowest BCUT2D eigenvalue weighted by molar-refractivity contribution is 1.09. The Morgan fingerprint density at radius 2 is 2.08 bits per heavy atom. The number of allylic oxidation sites excluding steroid dienone is 5. The van der Waals surface area contributed by atoms with E-state index in [1.165, 1.54) is 24.0 Å². The molecule has 0 aromatic heterocycles. The fourth-order valence-electron chi connectivity index (χ4n) is 1.69. The molecule has 1 heterocycles. The third-order valence-corrected chi connectivity index (χ3v) is 3.82. The summed E-state index contributed by atoms with van der Waals surface area (Å²) in [4.78, 5) is 1.55. The van der Waals surface area contributed by atoms with Gasteiger partial charge in [0.2, 0.25) is 0 Å². The molecule has 1 radical (unpaired) electrons. The molecule has 0 spiro atoms. The number of fused-ring (bicyclic) bond motifs is 1. The van der Waals surface area contributed by atoms with Gasteiger partial charge in [0.15, 0.2) is 0 Å². The molecule has 0 saturated carbocycles. The summed E-state index contributed by atoms with van der Waals surface area (Å²) in [5, 5.41) is 1.55. The van der Waals surface area contributed by atoms with Crippen LogP contribution in [0.4, 0.5) is 0 Å². The summed E-state index contributed by atoms with van der Waals surface area (Å²) in [6.45, 7) is 4.47. The van der Waals surface area contributed by atoms with Gasteiger partial charge in [-0.2, -0.15) is 0 Å². The summed E-state index contributed by atoms with van der Waals surface area (Å²) in [7, 11) is 0. The van der Waals surface area contributed by atoms with Crippen molar-refractivity contribution in [3.05, 3.63) is 39.5 Å². The van der Waals surface area contributed by atoms with Gasteiger partial charge < -0.3 is 0 Å². The van der Waals surface area contributed by atoms with Crippen LogP contribution in [-0.4, -0.2) is 0 Å². The van der Waals surface area contributed by atoms with Crippen molar-refractivity contribution < 1.29 is 0 Å². The van der Waals surface area contributed by atoms with Crippen molar-refractivity contribution in [1.82, 2.24) is 0 Å². The molecule has 63 valence electrons. The zero-order chi connectivity index (χ0) is 8.55. The summed E-state index contributed by atoms with van der Waals surface area (Å²) in [6, 6.07) is 0. The van der Waals surface area contributed by atoms with Crippen LogP contribution in [-0.2, 0) is 0 Å². The molecule has 12 heavy (non-hydrogen) atoms. The first-order valence-corrected chi connectivity index (χ1v) is 5.34. The zero-order valence-electron chi connectivity index (χ0n) is 7.55. The fraction of sp³-hybridized carbons (Fsp3) is 0.364. The predicted octanol–water partition coefficient (Wildman–Crippen LogP) is 3.84. The van der Waals surface area contributed by atoms with Crippen molar-refractivity contribution in [2.75, 3.05) is 0 Å². The number of rotatable bonds is 2. The SMILES string of the molecule is CC[C]1SC(CC)=C2C=CC=C12. The minimum Gasteiger partial charge on any atom is -0.116 e. The topological polar surface area (TPSA) is 0 Å². The Bertz CT molecular complexity index is 281. The van der Waals surface area contributed by atoms with E-state index in [0.29, 0.717) is 0 Å². The van der Waals surface area contributed by atoms with Gasteiger partial charge in [0.1, 0.15) is 0 Å². The van der Waals surface area contributed by atoms with Crippen LogP contribution >= 0.6 is 11.8 Å². The lowest BCUT2D eigenvalue weighted by Gasteiger charge is -2.05. The molecule has 0 nitrogen and oxygen atoms in total. The second kappa shape index (κ2) is 3.14. The van der Waals surface area contributed by atoms with Gasteiger partial charge in [-0.15, -0.1) is 11.8 Å². The molecule has 0 bridgehead atoms. The number of hydrogen-bond acceptors (Lipinski definition) is 1. The van der Waals surface area contributed by atoms with Gasteiger partial charge in [0.05, 0.1) is 5.25 Å². The van der Waals surface area contributed by atoms with Crippen molar-refractivity contribution in [2.45, 2.75) is 26.7 Å². The highest BCUT2D eigenvalue weighted by Gasteiger charge is 2.28. The van der Waals surface area contributed by atoms with Crippen molar-refractivity contribution >= 4 is 11.8 Å². The predicted molar refractivity (Wildman–Crippen MR) is 55.7 cm³/mol. The first kappa shape index (κ1) is 8.18. The second-order valence-electron chi connectivity index (χ2n) is 3.01. The van der Waals surface area contributed by atoms with Crippen LogP contribution in [0.2, 0.25) is 0 Å². The maximum atomic E-state index is 2.24. The number of hydrogen-bond donors (Lipinski definition) is 0. The van der Waals surface area contributed by atoms with Crippen molar-refractivity contribution in [3.8, 4) is 0 Å². The Kier molecular flexibility index (Phi) is 2.14. The van der Waals surface area contributed by atoms with E-state index in [0.717, 1.165) is 0 Å². The summed E-state index contributed by atoms with van der Waals surface area (Å²) in [6.07, 6.45) is 8.99. The van der Waals surface area contributed by atoms with E-state index in [4.69, 9.17) is 0 Å². The lowest BCUT2D eigenvalue weighted by atomic mass is 10.0. The molecule has 0 fully saturated rings. The van der Waals surface area contributed by atoms with Crippen LogP contribution in [0.15, 0.2) is 34.3 Å². The van der Waals surface area contributed by atoms with Crippen molar-refractivity contribution in [2.24, 2.45) is 0 Å². The largest absolute Gasteiger partial charge is 0.116 e. The van der Waals surface area contributed by atoms with Gasteiger partial charge in [-0.3, -0.25) is 0 Å². The first-order chi connectivity index (χ1) is 5.86. The molecule has 0 N–H and O–H groups in total. The van der Waals surface area contributed by atoms with E-state index >= 15 is 0 Å². The minimum absolute atomic E-state index is 1.17. The molecular formula is C11H13S. The highest BCUT2D eigenvalue weighted by Crippen LogP contribution is 2.51. The second-order valence-corrected chi connectivity index (χ2v) is 4.20. The summed E-state index contributed by atoms with van der Waals surface area (Å²) < 4.78 is 0. The normalized spacial score (nSPS) is 22.0. The molecule has 0 atom stereocenters. The molecule has 0 unspecified atom stereocenters. The summed E-state index contributed by atoms with van der Waals surface area (Å²) in [5.74, 6) is 0. The van der Waals surface area contributed by atoms with Gasteiger partial charge in [-0.25, -0.2) is 0 Å². The summed E-state index contributed by atoms with van der Waals surface area (Å²) >= 11 is 1.98. The molecular weight excluding hydrogens is 164 g/mol. The molecule has 1 aliphatic heterocycles. The third kappa shape index (κ3) is 1.08. The highest BCUT2D eigenvalue weighted by atomic mass is 32.2. The molecule has 0 aromatic carbocycles. The molecule has 2 rings (SSSR count). The minimum atomic E-state index is 1.17. The Morgan fingerprint density at radius 1 is 1.25 bits per heavy atom. The Labute approximate surface area is 78.4 Å². The van der Waals surface area contributed by atoms with E-state index in [1.54, 1.807) is 10.2 Å². The van der Waals surface area contributed by atoms with Crippen LogP contribution in [0.1, 0.15) is 26.7 Å². The van der Waals surface area contributed by atoms with Gasteiger partial charge in [-0.05, 0) is 28.9 Å². The molecule has 2 aliphatic rings. The van der Waals surface area contributed by atoms with E-state index in [1.807, 2.05) is 11.8 Å². The van der Waals surface area contributed by atoms with E-state index in [-0.39, 0.29) is 0 Å². The van der Waals surface area contributed by atoms with Crippen LogP contribution in [0, 0.1) is 5.25 Å². The van der Waals surface area contributed by atoms with Crippen LogP contribution < -0.4 is 0 Å². The Hall–Kier alpha value is -0.430.